The van der Waals surface area contributed by atoms with Crippen LogP contribution in [-0.2, 0) is 19.1 Å². The van der Waals surface area contributed by atoms with E-state index in [-0.39, 0.29) is 11.3 Å². The molecule has 3 aromatic rings. The lowest BCUT2D eigenvalue weighted by Crippen LogP contribution is -2.26. The lowest BCUT2D eigenvalue weighted by Gasteiger charge is -2.22. The lowest BCUT2D eigenvalue weighted by molar-refractivity contribution is -0.139. The maximum absolute atomic E-state index is 12.6. The highest BCUT2D eigenvalue weighted by Gasteiger charge is 2.27. The average molecular weight is 437 g/mol. The highest BCUT2D eigenvalue weighted by atomic mass is 35.5. The van der Waals surface area contributed by atoms with Crippen molar-refractivity contribution in [3.63, 3.8) is 0 Å². The Kier molecular flexibility index (Phi) is 5.60. The van der Waals surface area contributed by atoms with Crippen LogP contribution in [-0.4, -0.2) is 31.1 Å². The van der Waals surface area contributed by atoms with Gasteiger partial charge in [0.2, 0.25) is 5.89 Å². The van der Waals surface area contributed by atoms with Crippen LogP contribution < -0.4 is 4.90 Å². The summed E-state index contributed by atoms with van der Waals surface area (Å²) < 4.78 is 15.6. The second-order valence-electron chi connectivity index (χ2n) is 6.49. The number of hydrogen-bond acceptors (Lipinski definition) is 7. The Morgan fingerprint density at radius 3 is 2.45 bits per heavy atom. The summed E-state index contributed by atoms with van der Waals surface area (Å²) in [6.45, 7) is 0. The Labute approximate surface area is 182 Å². The number of oxazole rings is 1. The Morgan fingerprint density at radius 2 is 1.74 bits per heavy atom. The molecule has 0 aliphatic carbocycles. The van der Waals surface area contributed by atoms with Gasteiger partial charge < -0.3 is 18.8 Å². The topological polar surface area (TPSA) is 81.9 Å². The molecule has 0 radical (unpaired) electrons. The molecule has 0 spiro atoms. The van der Waals surface area contributed by atoms with Gasteiger partial charge in [0.05, 0.1) is 19.8 Å². The number of carbonyl (C=O) groups excluding carboxylic acids is 2. The summed E-state index contributed by atoms with van der Waals surface area (Å²) in [7, 11) is 2.50. The van der Waals surface area contributed by atoms with Gasteiger partial charge in [0.15, 0.2) is 5.58 Å². The first-order chi connectivity index (χ1) is 15.0. The molecule has 0 bridgehead atoms. The highest BCUT2D eigenvalue weighted by Crippen LogP contribution is 2.31. The molecule has 0 fully saturated rings. The molecule has 0 saturated carbocycles. The van der Waals surface area contributed by atoms with E-state index in [9.17, 15) is 9.59 Å². The van der Waals surface area contributed by atoms with Crippen molar-refractivity contribution in [2.75, 3.05) is 19.1 Å². The molecule has 1 aliphatic heterocycles. The van der Waals surface area contributed by atoms with Crippen LogP contribution in [0.4, 0.5) is 5.69 Å². The molecule has 31 heavy (non-hydrogen) atoms. The van der Waals surface area contributed by atoms with Gasteiger partial charge in [0.1, 0.15) is 11.2 Å². The predicted octanol–water partition coefficient (Wildman–Crippen LogP) is 4.64. The number of carbonyl (C=O) groups is 2. The van der Waals surface area contributed by atoms with Crippen molar-refractivity contribution in [3.05, 3.63) is 83.2 Å². The fourth-order valence-corrected chi connectivity index (χ4v) is 3.27. The Balaban J connectivity index is 1.81. The van der Waals surface area contributed by atoms with Gasteiger partial charge in [0, 0.05) is 22.5 Å². The first-order valence-corrected chi connectivity index (χ1v) is 9.61. The molecule has 1 aromatic heterocycles. The summed E-state index contributed by atoms with van der Waals surface area (Å²) >= 11 is 5.95. The summed E-state index contributed by atoms with van der Waals surface area (Å²) in [6.07, 6.45) is 6.50. The summed E-state index contributed by atoms with van der Waals surface area (Å²) in [6, 6.07) is 12.4. The number of allylic oxidation sites excluding steroid dienone is 2. The summed E-state index contributed by atoms with van der Waals surface area (Å²) in [5.74, 6) is -0.896. The zero-order valence-corrected chi connectivity index (χ0v) is 17.4. The molecule has 0 saturated heterocycles. The van der Waals surface area contributed by atoms with Gasteiger partial charge in [-0.25, -0.2) is 14.6 Å². The van der Waals surface area contributed by atoms with E-state index in [1.54, 1.807) is 53.6 Å². The van der Waals surface area contributed by atoms with Gasteiger partial charge in [-0.3, -0.25) is 0 Å². The smallest absolute Gasteiger partial charge is 0.355 e. The number of nitrogens with zero attached hydrogens (tertiary/aromatic N) is 2. The molecule has 7 nitrogen and oxygen atoms in total. The van der Waals surface area contributed by atoms with Crippen LogP contribution in [0.3, 0.4) is 0 Å². The van der Waals surface area contributed by atoms with E-state index in [1.165, 1.54) is 20.3 Å². The van der Waals surface area contributed by atoms with Crippen LogP contribution in [0, 0.1) is 0 Å². The second-order valence-corrected chi connectivity index (χ2v) is 6.93. The minimum absolute atomic E-state index is 0.0279. The number of methoxy groups -OCH3 is 2. The van der Waals surface area contributed by atoms with E-state index in [0.29, 0.717) is 27.7 Å². The predicted molar refractivity (Wildman–Crippen MR) is 116 cm³/mol. The highest BCUT2D eigenvalue weighted by molar-refractivity contribution is 6.30. The summed E-state index contributed by atoms with van der Waals surface area (Å²) in [5.41, 5.74) is 2.62. The van der Waals surface area contributed by atoms with Crippen LogP contribution >= 0.6 is 11.6 Å². The van der Waals surface area contributed by atoms with Crippen molar-refractivity contribution in [2.45, 2.75) is 0 Å². The molecule has 0 amide bonds. The molecule has 0 N–H and O–H groups in total. The summed E-state index contributed by atoms with van der Waals surface area (Å²) in [4.78, 5) is 31.0. The van der Waals surface area contributed by atoms with Crippen LogP contribution in [0.15, 0.2) is 82.6 Å². The van der Waals surface area contributed by atoms with E-state index in [4.69, 9.17) is 25.5 Å². The monoisotopic (exact) mass is 436 g/mol. The molecular weight excluding hydrogens is 420 g/mol. The number of aromatic nitrogens is 1. The van der Waals surface area contributed by atoms with E-state index in [2.05, 4.69) is 4.98 Å². The van der Waals surface area contributed by atoms with Crippen molar-refractivity contribution in [1.82, 2.24) is 4.98 Å². The molecule has 0 atom stereocenters. The lowest BCUT2D eigenvalue weighted by atomic mass is 10.1. The Hall–Kier alpha value is -3.84. The van der Waals surface area contributed by atoms with Crippen molar-refractivity contribution in [3.8, 4) is 11.5 Å². The maximum Gasteiger partial charge on any atom is 0.355 e. The molecular formula is C23H17ClN2O5. The number of ether oxygens (including phenoxy) is 2. The molecule has 2 aromatic carbocycles. The first kappa shape index (κ1) is 20.4. The molecule has 4 rings (SSSR count). The number of fused-ring (bicyclic) bond motifs is 1. The van der Waals surface area contributed by atoms with Crippen LogP contribution in [0.2, 0.25) is 5.02 Å². The largest absolute Gasteiger partial charge is 0.465 e. The Bertz CT molecular complexity index is 1250. The fraction of sp³-hybridized carbons (Fsp3) is 0.0870. The second kappa shape index (κ2) is 8.49. The normalized spacial score (nSPS) is 13.5. The number of benzene rings is 2. The van der Waals surface area contributed by atoms with E-state index in [1.807, 2.05) is 12.1 Å². The first-order valence-electron chi connectivity index (χ1n) is 9.23. The van der Waals surface area contributed by atoms with Crippen molar-refractivity contribution < 1.29 is 23.5 Å². The van der Waals surface area contributed by atoms with Gasteiger partial charge >= 0.3 is 11.9 Å². The van der Waals surface area contributed by atoms with Crippen molar-refractivity contribution in [1.29, 1.82) is 0 Å². The van der Waals surface area contributed by atoms with Gasteiger partial charge in [-0.15, -0.1) is 0 Å². The van der Waals surface area contributed by atoms with Gasteiger partial charge in [-0.05, 0) is 54.6 Å². The fourth-order valence-electron chi connectivity index (χ4n) is 3.15. The van der Waals surface area contributed by atoms with Gasteiger partial charge in [-0.1, -0.05) is 17.7 Å². The molecule has 8 heteroatoms. The minimum Gasteiger partial charge on any atom is -0.465 e. The van der Waals surface area contributed by atoms with E-state index in [0.717, 1.165) is 5.56 Å². The molecule has 1 aliphatic rings. The quantitative estimate of drug-likeness (QED) is 0.551. The number of halogens is 1. The van der Waals surface area contributed by atoms with Crippen LogP contribution in [0.5, 0.6) is 0 Å². The standard InChI is InChI=1S/C23H17ClN2O5/c1-29-22(27)17-5-3-4-12-26(20(17)23(28)30-2)16-10-11-19-18(13-16)25-21(31-19)14-6-8-15(24)9-7-14/h3-13H,1-2H3. The SMILES string of the molecule is COC(=O)C1=C(C(=O)OC)N(c2ccc3oc(-c4ccc(Cl)cc4)nc3c2)C=CC=C1. The number of rotatable bonds is 4. The van der Waals surface area contributed by atoms with Crippen LogP contribution in [0.1, 0.15) is 0 Å². The van der Waals surface area contributed by atoms with Gasteiger partial charge in [0.25, 0.3) is 0 Å². The van der Waals surface area contributed by atoms with Crippen molar-refractivity contribution >= 4 is 40.3 Å². The zero-order valence-electron chi connectivity index (χ0n) is 16.7. The third-order valence-electron chi connectivity index (χ3n) is 4.63. The minimum atomic E-state index is -0.682. The van der Waals surface area contributed by atoms with Gasteiger partial charge in [-0.2, -0.15) is 0 Å². The number of anilines is 1. The number of hydrogen-bond donors (Lipinski definition) is 0. The third kappa shape index (κ3) is 3.95. The van der Waals surface area contributed by atoms with E-state index < -0.39 is 11.9 Å². The molecule has 0 unspecified atom stereocenters. The van der Waals surface area contributed by atoms with Crippen LogP contribution in [0.25, 0.3) is 22.6 Å². The van der Waals surface area contributed by atoms with Crippen molar-refractivity contribution in [2.24, 2.45) is 0 Å². The average Bonchev–Trinajstić information content (AvgIpc) is 3.09. The summed E-state index contributed by atoms with van der Waals surface area (Å²) in [5, 5.41) is 0.618. The zero-order chi connectivity index (χ0) is 22.0. The molecule has 156 valence electrons. The number of esters is 2. The molecule has 2 heterocycles. The third-order valence-corrected chi connectivity index (χ3v) is 4.88. The maximum atomic E-state index is 12.6. The Morgan fingerprint density at radius 1 is 1.00 bits per heavy atom. The van der Waals surface area contributed by atoms with E-state index >= 15 is 0 Å².